The fourth-order valence-corrected chi connectivity index (χ4v) is 4.43. The number of rotatable bonds is 4. The van der Waals surface area contributed by atoms with Crippen LogP contribution in [-0.4, -0.2) is 22.8 Å². The highest BCUT2D eigenvalue weighted by molar-refractivity contribution is 6.31. The van der Waals surface area contributed by atoms with Gasteiger partial charge in [-0.25, -0.2) is 9.96 Å². The maximum Gasteiger partial charge on any atom is 0.269 e. The molecule has 0 radical (unpaired) electrons. The lowest BCUT2D eigenvalue weighted by Crippen LogP contribution is -2.37. The molecule has 8 nitrogen and oxygen atoms in total. The van der Waals surface area contributed by atoms with Gasteiger partial charge in [0.15, 0.2) is 6.10 Å². The Morgan fingerprint density at radius 1 is 0.875 bits per heavy atom. The number of hydroxylamine groups is 1. The van der Waals surface area contributed by atoms with Gasteiger partial charge < -0.3 is 0 Å². The smallest absolute Gasteiger partial charge is 0.269 e. The predicted octanol–water partition coefficient (Wildman–Crippen LogP) is 4.30. The molecule has 5 rings (SSSR count). The van der Waals surface area contributed by atoms with Crippen molar-refractivity contribution in [3.8, 4) is 0 Å². The van der Waals surface area contributed by atoms with Crippen LogP contribution in [0.2, 0.25) is 5.02 Å². The number of hydrogen-bond donors (Lipinski definition) is 0. The van der Waals surface area contributed by atoms with E-state index >= 15 is 0 Å². The highest BCUT2D eigenvalue weighted by Crippen LogP contribution is 2.48. The maximum atomic E-state index is 13.5. The van der Waals surface area contributed by atoms with Crippen LogP contribution in [-0.2, 0) is 14.4 Å². The SMILES string of the molecule is O=C1[C@H]2[C@H](ON(c3ccccc3)[C@@H]2c2cccc([N+](=O)[O-])c2)C(=O)N1c1cccc(Cl)c1. The molecule has 0 bridgehead atoms. The van der Waals surface area contributed by atoms with Gasteiger partial charge in [0.05, 0.1) is 22.3 Å². The normalized spacial score (nSPS) is 22.3. The Hall–Kier alpha value is -3.75. The lowest BCUT2D eigenvalue weighted by molar-refractivity contribution is -0.384. The number of amides is 2. The lowest BCUT2D eigenvalue weighted by Gasteiger charge is -2.28. The monoisotopic (exact) mass is 449 g/mol. The van der Waals surface area contributed by atoms with E-state index in [-0.39, 0.29) is 5.69 Å². The Bertz CT molecular complexity index is 1240. The van der Waals surface area contributed by atoms with Crippen molar-refractivity contribution >= 4 is 40.5 Å². The van der Waals surface area contributed by atoms with Crippen LogP contribution in [0.5, 0.6) is 0 Å². The van der Waals surface area contributed by atoms with Gasteiger partial charge in [-0.05, 0) is 35.9 Å². The van der Waals surface area contributed by atoms with Gasteiger partial charge in [0.1, 0.15) is 5.92 Å². The number of halogens is 1. The van der Waals surface area contributed by atoms with Crippen LogP contribution in [0.15, 0.2) is 78.9 Å². The zero-order valence-corrected chi connectivity index (χ0v) is 17.3. The number of benzene rings is 3. The van der Waals surface area contributed by atoms with Crippen molar-refractivity contribution in [2.24, 2.45) is 5.92 Å². The molecule has 0 unspecified atom stereocenters. The van der Waals surface area contributed by atoms with Gasteiger partial charge in [-0.3, -0.25) is 24.5 Å². The number of nitro groups is 1. The number of para-hydroxylation sites is 1. The van der Waals surface area contributed by atoms with Crippen molar-refractivity contribution in [3.63, 3.8) is 0 Å². The van der Waals surface area contributed by atoms with Crippen molar-refractivity contribution in [2.75, 3.05) is 9.96 Å². The molecule has 0 N–H and O–H groups in total. The molecule has 3 aromatic rings. The number of fused-ring (bicyclic) bond motifs is 1. The van der Waals surface area contributed by atoms with Crippen LogP contribution >= 0.6 is 11.6 Å². The van der Waals surface area contributed by atoms with Crippen molar-refractivity contribution in [1.29, 1.82) is 0 Å². The molecule has 0 aromatic heterocycles. The zero-order chi connectivity index (χ0) is 22.4. The quantitative estimate of drug-likeness (QED) is 0.335. The number of imide groups is 1. The van der Waals surface area contributed by atoms with Crippen LogP contribution in [0.4, 0.5) is 17.1 Å². The van der Waals surface area contributed by atoms with Crippen LogP contribution in [0.25, 0.3) is 0 Å². The summed E-state index contributed by atoms with van der Waals surface area (Å²) in [5.74, 6) is -1.84. The van der Waals surface area contributed by atoms with Gasteiger partial charge >= 0.3 is 0 Å². The highest BCUT2D eigenvalue weighted by Gasteiger charge is 2.60. The maximum absolute atomic E-state index is 13.5. The van der Waals surface area contributed by atoms with E-state index in [2.05, 4.69) is 0 Å². The number of anilines is 2. The van der Waals surface area contributed by atoms with Crippen molar-refractivity contribution < 1.29 is 19.3 Å². The molecule has 3 atom stereocenters. The van der Waals surface area contributed by atoms with E-state index in [9.17, 15) is 19.7 Å². The molecule has 2 heterocycles. The van der Waals surface area contributed by atoms with Gasteiger partial charge in [0.25, 0.3) is 11.6 Å². The van der Waals surface area contributed by atoms with Gasteiger partial charge in [-0.1, -0.05) is 48.0 Å². The van der Waals surface area contributed by atoms with Crippen LogP contribution < -0.4 is 9.96 Å². The van der Waals surface area contributed by atoms with Crippen molar-refractivity contribution in [2.45, 2.75) is 12.1 Å². The van der Waals surface area contributed by atoms with Crippen molar-refractivity contribution in [1.82, 2.24) is 0 Å². The Balaban J connectivity index is 1.61. The Morgan fingerprint density at radius 3 is 2.31 bits per heavy atom. The number of carbonyl (C=O) groups is 2. The van der Waals surface area contributed by atoms with Gasteiger partial charge in [0, 0.05) is 17.2 Å². The molecule has 3 aromatic carbocycles. The van der Waals surface area contributed by atoms with Crippen LogP contribution in [0, 0.1) is 16.0 Å². The molecule has 9 heteroatoms. The van der Waals surface area contributed by atoms with Crippen molar-refractivity contribution in [3.05, 3.63) is 99.6 Å². The minimum Gasteiger partial charge on any atom is -0.273 e. The number of non-ortho nitro benzene ring substituents is 1. The second-order valence-corrected chi connectivity index (χ2v) is 7.94. The summed E-state index contributed by atoms with van der Waals surface area (Å²) in [7, 11) is 0. The zero-order valence-electron chi connectivity index (χ0n) is 16.5. The van der Waals surface area contributed by atoms with E-state index in [0.29, 0.717) is 22.0 Å². The van der Waals surface area contributed by atoms with E-state index < -0.39 is 34.8 Å². The second-order valence-electron chi connectivity index (χ2n) is 7.50. The average molecular weight is 450 g/mol. The van der Waals surface area contributed by atoms with E-state index in [1.165, 1.54) is 23.3 Å². The number of nitro benzene ring substituents is 1. The number of nitrogens with zero attached hydrogens (tertiary/aromatic N) is 3. The van der Waals surface area contributed by atoms with Crippen LogP contribution in [0.3, 0.4) is 0 Å². The Kier molecular flexibility index (Phi) is 4.88. The van der Waals surface area contributed by atoms with E-state index in [4.69, 9.17) is 16.4 Å². The average Bonchev–Trinajstić information content (AvgIpc) is 3.30. The van der Waals surface area contributed by atoms with Gasteiger partial charge in [0.2, 0.25) is 5.91 Å². The lowest BCUT2D eigenvalue weighted by atomic mass is 9.90. The van der Waals surface area contributed by atoms with E-state index in [1.54, 1.807) is 54.6 Å². The molecular formula is C23H16ClN3O5. The fourth-order valence-electron chi connectivity index (χ4n) is 4.24. The molecule has 0 spiro atoms. The topological polar surface area (TPSA) is 93.0 Å². The summed E-state index contributed by atoms with van der Waals surface area (Å²) < 4.78 is 0. The summed E-state index contributed by atoms with van der Waals surface area (Å²) in [5.41, 5.74) is 1.38. The predicted molar refractivity (Wildman–Crippen MR) is 117 cm³/mol. The third kappa shape index (κ3) is 3.21. The molecule has 2 saturated heterocycles. The molecule has 2 aliphatic rings. The molecule has 2 aliphatic heterocycles. The first-order valence-electron chi connectivity index (χ1n) is 9.84. The molecule has 2 amide bonds. The summed E-state index contributed by atoms with van der Waals surface area (Å²) >= 11 is 6.06. The molecule has 32 heavy (non-hydrogen) atoms. The fraction of sp³-hybridized carbons (Fsp3) is 0.130. The van der Waals surface area contributed by atoms with Gasteiger partial charge in [-0.2, -0.15) is 0 Å². The summed E-state index contributed by atoms with van der Waals surface area (Å²) in [5, 5.41) is 13.2. The number of carbonyl (C=O) groups excluding carboxylic acids is 2. The first kappa shape index (κ1) is 20.2. The second kappa shape index (κ2) is 7.74. The molecule has 2 fully saturated rings. The minimum atomic E-state index is -1.06. The van der Waals surface area contributed by atoms with E-state index in [0.717, 1.165) is 4.90 Å². The first-order chi connectivity index (χ1) is 15.5. The molecule has 0 saturated carbocycles. The highest BCUT2D eigenvalue weighted by atomic mass is 35.5. The first-order valence-corrected chi connectivity index (χ1v) is 10.2. The third-order valence-electron chi connectivity index (χ3n) is 5.62. The number of hydrogen-bond acceptors (Lipinski definition) is 6. The molecular weight excluding hydrogens is 434 g/mol. The summed E-state index contributed by atoms with van der Waals surface area (Å²) in [4.78, 5) is 44.7. The standard InChI is InChI=1S/C23H16ClN3O5/c24-15-7-5-10-17(13-15)25-22(28)19-20(14-6-4-11-18(12-14)27(30)31)26(32-21(19)23(25)29)16-8-2-1-3-9-16/h1-13,19-21H/t19-,20-,21+/m1/s1. The van der Waals surface area contributed by atoms with Gasteiger partial charge in [-0.15, -0.1) is 0 Å². The summed E-state index contributed by atoms with van der Waals surface area (Å²) in [6.07, 6.45) is -1.06. The third-order valence-corrected chi connectivity index (χ3v) is 5.85. The summed E-state index contributed by atoms with van der Waals surface area (Å²) in [6.45, 7) is 0. The molecule has 0 aliphatic carbocycles. The van der Waals surface area contributed by atoms with Crippen LogP contribution in [0.1, 0.15) is 11.6 Å². The Labute approximate surface area is 187 Å². The molecule has 160 valence electrons. The summed E-state index contributed by atoms with van der Waals surface area (Å²) in [6, 6.07) is 20.8. The van der Waals surface area contributed by atoms with E-state index in [1.807, 2.05) is 6.07 Å². The Morgan fingerprint density at radius 2 is 1.59 bits per heavy atom. The minimum absolute atomic E-state index is 0.109. The largest absolute Gasteiger partial charge is 0.273 e.